The number of imidazole rings is 1. The Morgan fingerprint density at radius 1 is 1.19 bits per heavy atom. The van der Waals surface area contributed by atoms with Crippen molar-refractivity contribution in [2.24, 2.45) is 0 Å². The van der Waals surface area contributed by atoms with Crippen molar-refractivity contribution in [3.63, 3.8) is 0 Å². The molecule has 2 fully saturated rings. The molecule has 1 saturated heterocycles. The van der Waals surface area contributed by atoms with Crippen molar-refractivity contribution in [1.29, 1.82) is 0 Å². The summed E-state index contributed by atoms with van der Waals surface area (Å²) in [6.07, 6.45) is 0.542. The van der Waals surface area contributed by atoms with Gasteiger partial charge in [0.15, 0.2) is 23.2 Å². The molecule has 5 atom stereocenters. The van der Waals surface area contributed by atoms with E-state index in [9.17, 15) is 29.3 Å². The van der Waals surface area contributed by atoms with E-state index in [0.29, 0.717) is 0 Å². The van der Waals surface area contributed by atoms with Crippen LogP contribution in [-0.2, 0) is 18.6 Å². The molecule has 3 heterocycles. The Balaban J connectivity index is 1.41. The number of carboxylic acid groups (broad SMARTS) is 1. The van der Waals surface area contributed by atoms with Gasteiger partial charge in [-0.25, -0.2) is 19.7 Å². The zero-order chi connectivity index (χ0) is 25.9. The molecule has 36 heavy (non-hydrogen) atoms. The number of aliphatic carboxylic acids is 1. The van der Waals surface area contributed by atoms with E-state index in [4.69, 9.17) is 14.4 Å². The topological polar surface area (TPSA) is 230 Å². The lowest BCUT2D eigenvalue weighted by Crippen LogP contribution is -2.36. The highest BCUT2D eigenvalue weighted by Gasteiger charge is 2.45. The number of carboxylic acids is 1. The normalized spacial score (nSPS) is 26.2. The second-order valence-corrected chi connectivity index (χ2v) is 10.4. The van der Waals surface area contributed by atoms with Crippen LogP contribution < -0.4 is 16.0 Å². The van der Waals surface area contributed by atoms with Crippen LogP contribution in [0.3, 0.4) is 0 Å². The van der Waals surface area contributed by atoms with Crippen LogP contribution in [-0.4, -0.2) is 95.5 Å². The highest BCUT2D eigenvalue weighted by atomic mass is 31.2. The van der Waals surface area contributed by atoms with Crippen LogP contribution in [0.2, 0.25) is 0 Å². The molecule has 1 aliphatic heterocycles. The Kier molecular flexibility index (Phi) is 8.14. The lowest BCUT2D eigenvalue weighted by molar-refractivity contribution is -0.135. The average Bonchev–Trinajstić information content (AvgIpc) is 3.54. The molecule has 0 spiro atoms. The van der Waals surface area contributed by atoms with E-state index in [1.165, 1.54) is 17.2 Å². The highest BCUT2D eigenvalue weighted by Crippen LogP contribution is 2.42. The number of aliphatic hydroxyl groups is 2. The van der Waals surface area contributed by atoms with Gasteiger partial charge in [-0.1, -0.05) is 12.8 Å². The van der Waals surface area contributed by atoms with E-state index < -0.39 is 63.6 Å². The molecule has 1 aliphatic carbocycles. The summed E-state index contributed by atoms with van der Waals surface area (Å²) >= 11 is 0. The highest BCUT2D eigenvalue weighted by molar-refractivity contribution is 7.52. The van der Waals surface area contributed by atoms with Crippen molar-refractivity contribution < 1.29 is 43.6 Å². The largest absolute Gasteiger partial charge is 0.480 e. The van der Waals surface area contributed by atoms with Crippen LogP contribution in [0.4, 0.5) is 10.6 Å². The molecule has 2 unspecified atom stereocenters. The molecule has 0 aromatic carbocycles. The fraction of sp³-hybridized carbons (Fsp3) is 0.632. The number of amides is 2. The molecule has 7 N–H and O–H groups in total. The predicted octanol–water partition coefficient (Wildman–Crippen LogP) is -0.657. The van der Waals surface area contributed by atoms with Crippen molar-refractivity contribution in [3.05, 3.63) is 12.7 Å². The number of aromatic nitrogens is 4. The predicted molar refractivity (Wildman–Crippen MR) is 122 cm³/mol. The number of rotatable bonds is 10. The first kappa shape index (κ1) is 26.3. The molecule has 2 aromatic heterocycles. The summed E-state index contributed by atoms with van der Waals surface area (Å²) in [6, 6.07) is -0.322. The van der Waals surface area contributed by atoms with Crippen LogP contribution >= 0.6 is 7.60 Å². The molecule has 2 amide bonds. The zero-order valence-corrected chi connectivity index (χ0v) is 20.0. The quantitative estimate of drug-likeness (QED) is 0.190. The van der Waals surface area contributed by atoms with Gasteiger partial charge >= 0.3 is 19.6 Å². The second-order valence-electron chi connectivity index (χ2n) is 8.58. The number of carbonyl (C=O) groups is 2. The maximum atomic E-state index is 12.4. The van der Waals surface area contributed by atoms with Gasteiger partial charge in [0.1, 0.15) is 24.6 Å². The van der Waals surface area contributed by atoms with Gasteiger partial charge in [0.25, 0.3) is 0 Å². The summed E-state index contributed by atoms with van der Waals surface area (Å²) in [7, 11) is -4.23. The van der Waals surface area contributed by atoms with E-state index >= 15 is 0 Å². The van der Waals surface area contributed by atoms with Crippen molar-refractivity contribution in [2.75, 3.05) is 24.8 Å². The molecule has 16 nitrogen and oxygen atoms in total. The fourth-order valence-electron chi connectivity index (χ4n) is 4.17. The fourth-order valence-corrected chi connectivity index (χ4v) is 5.03. The smallest absolute Gasteiger partial charge is 0.341 e. The van der Waals surface area contributed by atoms with Crippen molar-refractivity contribution in [1.82, 2.24) is 30.2 Å². The second kappa shape index (κ2) is 11.1. The van der Waals surface area contributed by atoms with Crippen molar-refractivity contribution in [3.8, 4) is 0 Å². The number of hydrogen-bond acceptors (Lipinski definition) is 11. The number of aliphatic hydroxyl groups excluding tert-OH is 2. The standard InChI is InChI=1S/C19H28N7O9P/c27-12(28)5-20-9-36(32,33)34-6-11-14(29)15(30)18(35-11)26-8-23-13-16(21-7-22-17(13)26)25-19(31)24-10-3-1-2-4-10/h7-8,10-11,14-15,18,20,29-30H,1-6,9H2,(H,27,28)(H,32,33)(H2,21,22,24,25,31)/t11-,14?,15+,18-/m1/s1. The third kappa shape index (κ3) is 6.15. The Hall–Kier alpha value is -2.72. The minimum Gasteiger partial charge on any atom is -0.480 e. The summed E-state index contributed by atoms with van der Waals surface area (Å²) in [5.74, 6) is -1.06. The number of nitrogens with one attached hydrogen (secondary N) is 3. The Morgan fingerprint density at radius 2 is 1.94 bits per heavy atom. The van der Waals surface area contributed by atoms with Crippen LogP contribution in [0.5, 0.6) is 0 Å². The average molecular weight is 529 g/mol. The summed E-state index contributed by atoms with van der Waals surface area (Å²) in [5.41, 5.74) is 0.443. The Morgan fingerprint density at radius 3 is 2.67 bits per heavy atom. The van der Waals surface area contributed by atoms with Gasteiger partial charge in [-0.15, -0.1) is 0 Å². The molecule has 0 bridgehead atoms. The number of hydrogen-bond donors (Lipinski definition) is 7. The van der Waals surface area contributed by atoms with E-state index in [2.05, 4.69) is 30.9 Å². The Bertz CT molecular complexity index is 1140. The number of ether oxygens (including phenoxy) is 1. The molecule has 1 saturated carbocycles. The monoisotopic (exact) mass is 529 g/mol. The lowest BCUT2D eigenvalue weighted by atomic mass is 10.1. The van der Waals surface area contributed by atoms with Crippen molar-refractivity contribution in [2.45, 2.75) is 56.3 Å². The van der Waals surface area contributed by atoms with Crippen LogP contribution in [0.15, 0.2) is 12.7 Å². The van der Waals surface area contributed by atoms with Gasteiger partial charge in [0.05, 0.1) is 25.8 Å². The van der Waals surface area contributed by atoms with Gasteiger partial charge in [-0.05, 0) is 12.8 Å². The van der Waals surface area contributed by atoms with Gasteiger partial charge in [-0.2, -0.15) is 0 Å². The molecular formula is C19H28N7O9P. The van der Waals surface area contributed by atoms with Crippen LogP contribution in [0.25, 0.3) is 11.2 Å². The molecule has 0 radical (unpaired) electrons. The van der Waals surface area contributed by atoms with Crippen molar-refractivity contribution >= 4 is 36.6 Å². The number of carbonyl (C=O) groups excluding carboxylic acids is 1. The van der Waals surface area contributed by atoms with E-state index in [-0.39, 0.29) is 23.0 Å². The van der Waals surface area contributed by atoms with E-state index in [1.807, 2.05) is 0 Å². The number of nitrogens with zero attached hydrogens (tertiary/aromatic N) is 4. The minimum absolute atomic E-state index is 0.102. The summed E-state index contributed by atoms with van der Waals surface area (Å²) < 4.78 is 24.0. The number of urea groups is 1. The molecule has 198 valence electrons. The lowest BCUT2D eigenvalue weighted by Gasteiger charge is -2.18. The molecule has 17 heteroatoms. The van der Waals surface area contributed by atoms with Gasteiger partial charge in [0.2, 0.25) is 0 Å². The third-order valence-corrected chi connectivity index (χ3v) is 7.10. The number of fused-ring (bicyclic) bond motifs is 1. The van der Waals surface area contributed by atoms with Gasteiger partial charge < -0.3 is 34.8 Å². The SMILES string of the molecule is O=C(O)CNCP(=O)(O)OC[C@H]1O[C@@H](n2cnc3c(NC(=O)NC4CCCC4)ncnc32)[C@@H](O)C1O. The van der Waals surface area contributed by atoms with Gasteiger partial charge in [0, 0.05) is 6.04 Å². The van der Waals surface area contributed by atoms with E-state index in [0.717, 1.165) is 25.7 Å². The molecule has 4 rings (SSSR count). The Labute approximate surface area is 204 Å². The summed E-state index contributed by atoms with van der Waals surface area (Å²) in [5, 5.41) is 37.3. The van der Waals surface area contributed by atoms with Crippen LogP contribution in [0, 0.1) is 0 Å². The first-order valence-corrected chi connectivity index (χ1v) is 13.1. The molecule has 2 aliphatic rings. The van der Waals surface area contributed by atoms with Gasteiger partial charge in [-0.3, -0.25) is 24.6 Å². The minimum atomic E-state index is -4.23. The van der Waals surface area contributed by atoms with Crippen LogP contribution in [0.1, 0.15) is 31.9 Å². The molecular weight excluding hydrogens is 501 g/mol. The first-order valence-electron chi connectivity index (χ1n) is 11.3. The summed E-state index contributed by atoms with van der Waals surface area (Å²) in [6.45, 7) is -1.08. The first-order chi connectivity index (χ1) is 17.1. The third-order valence-electron chi connectivity index (χ3n) is 5.92. The maximum absolute atomic E-state index is 12.4. The zero-order valence-electron chi connectivity index (χ0n) is 19.1. The maximum Gasteiger partial charge on any atom is 0.341 e. The number of anilines is 1. The van der Waals surface area contributed by atoms with E-state index in [1.54, 1.807) is 0 Å². The molecule has 2 aromatic rings. The summed E-state index contributed by atoms with van der Waals surface area (Å²) in [4.78, 5) is 45.1.